The number of nitrogens with zero attached hydrogens (tertiary/aromatic N) is 2. The molecule has 6 heteroatoms. The zero-order chi connectivity index (χ0) is 20.4. The van der Waals surface area contributed by atoms with Crippen molar-refractivity contribution in [2.24, 2.45) is 0 Å². The monoisotopic (exact) mass is 399 g/mol. The van der Waals surface area contributed by atoms with Crippen LogP contribution in [0.4, 0.5) is 18.9 Å². The molecule has 0 saturated carbocycles. The molecule has 0 aliphatic carbocycles. The molecule has 1 N–H and O–H groups in total. The fourth-order valence-electron chi connectivity index (χ4n) is 3.92. The van der Waals surface area contributed by atoms with E-state index in [1.165, 1.54) is 23.3 Å². The lowest BCUT2D eigenvalue weighted by Crippen LogP contribution is -2.46. The minimum absolute atomic E-state index is 0.590. The summed E-state index contributed by atoms with van der Waals surface area (Å²) >= 11 is 0. The van der Waals surface area contributed by atoms with Crippen LogP contribution in [0.1, 0.15) is 16.8 Å². The molecule has 152 valence electrons. The Morgan fingerprint density at radius 3 is 2.31 bits per heavy atom. The van der Waals surface area contributed by atoms with Crippen LogP contribution in [0.5, 0.6) is 0 Å². The highest BCUT2D eigenvalue weighted by atomic mass is 19.4. The predicted molar refractivity (Wildman–Crippen MR) is 110 cm³/mol. The third-order valence-electron chi connectivity index (χ3n) is 5.40. The summed E-state index contributed by atoms with van der Waals surface area (Å²) in [4.78, 5) is 7.86. The molecule has 0 radical (unpaired) electrons. The highest BCUT2D eigenvalue weighted by Gasteiger charge is 2.31. The van der Waals surface area contributed by atoms with E-state index in [-0.39, 0.29) is 0 Å². The van der Waals surface area contributed by atoms with Crippen molar-refractivity contribution in [3.8, 4) is 11.3 Å². The number of hydrogen-bond acceptors (Lipinski definition) is 2. The van der Waals surface area contributed by atoms with Crippen LogP contribution in [-0.4, -0.2) is 36.1 Å². The van der Waals surface area contributed by atoms with Gasteiger partial charge in [-0.2, -0.15) is 13.2 Å². The quantitative estimate of drug-likeness (QED) is 0.641. The molecule has 3 nitrogen and oxygen atoms in total. The highest BCUT2D eigenvalue weighted by Crippen LogP contribution is 2.32. The Balaban J connectivity index is 1.43. The zero-order valence-corrected chi connectivity index (χ0v) is 16.3. The van der Waals surface area contributed by atoms with Crippen LogP contribution in [-0.2, 0) is 12.7 Å². The van der Waals surface area contributed by atoms with Gasteiger partial charge in [0.1, 0.15) is 0 Å². The zero-order valence-electron chi connectivity index (χ0n) is 16.3. The van der Waals surface area contributed by atoms with Crippen molar-refractivity contribution in [1.29, 1.82) is 0 Å². The second-order valence-electron chi connectivity index (χ2n) is 7.53. The third kappa shape index (κ3) is 4.48. The van der Waals surface area contributed by atoms with Gasteiger partial charge in [-0.3, -0.25) is 4.90 Å². The Bertz CT molecular complexity index is 955. The number of rotatable bonds is 4. The molecule has 0 unspecified atom stereocenters. The molecule has 2 aromatic carbocycles. The number of halogens is 3. The lowest BCUT2D eigenvalue weighted by atomic mass is 10.1. The number of alkyl halides is 3. The fourth-order valence-corrected chi connectivity index (χ4v) is 3.92. The number of H-pyrrole nitrogens is 1. The Kier molecular flexibility index (Phi) is 5.37. The lowest BCUT2D eigenvalue weighted by molar-refractivity contribution is -0.137. The minimum atomic E-state index is -4.31. The maximum atomic E-state index is 13.0. The summed E-state index contributed by atoms with van der Waals surface area (Å²) in [6.07, 6.45) is -4.31. The van der Waals surface area contributed by atoms with Crippen LogP contribution in [0.15, 0.2) is 60.7 Å². The number of benzene rings is 2. The van der Waals surface area contributed by atoms with Crippen molar-refractivity contribution in [2.45, 2.75) is 19.6 Å². The molecular formula is C23H24F3N3. The van der Waals surface area contributed by atoms with E-state index < -0.39 is 11.7 Å². The van der Waals surface area contributed by atoms with Crippen molar-refractivity contribution in [1.82, 2.24) is 9.88 Å². The largest absolute Gasteiger partial charge is 0.416 e. The second-order valence-corrected chi connectivity index (χ2v) is 7.53. The normalized spacial score (nSPS) is 15.7. The van der Waals surface area contributed by atoms with Gasteiger partial charge in [0.05, 0.1) is 11.3 Å². The van der Waals surface area contributed by atoms with E-state index in [1.54, 1.807) is 6.07 Å². The Labute approximate surface area is 168 Å². The van der Waals surface area contributed by atoms with Gasteiger partial charge in [-0.1, -0.05) is 36.4 Å². The number of aryl methyl sites for hydroxylation is 1. The molecule has 4 rings (SSSR count). The van der Waals surface area contributed by atoms with Crippen LogP contribution < -0.4 is 4.90 Å². The first-order valence-corrected chi connectivity index (χ1v) is 9.78. The summed E-state index contributed by atoms with van der Waals surface area (Å²) in [6, 6.07) is 18.1. The SMILES string of the molecule is Cc1cc(CN2CCN(c3cccc(C(F)(F)F)c3)CC2)c(-c2ccccc2)[nH]1. The summed E-state index contributed by atoms with van der Waals surface area (Å²) in [5.41, 5.74) is 4.74. The van der Waals surface area contributed by atoms with E-state index in [9.17, 15) is 13.2 Å². The van der Waals surface area contributed by atoms with Crippen molar-refractivity contribution in [3.63, 3.8) is 0 Å². The molecule has 2 heterocycles. The molecule has 1 saturated heterocycles. The average Bonchev–Trinajstić information content (AvgIpc) is 3.09. The van der Waals surface area contributed by atoms with E-state index >= 15 is 0 Å². The molecular weight excluding hydrogens is 375 g/mol. The fraction of sp³-hybridized carbons (Fsp3) is 0.304. The molecule has 1 fully saturated rings. The van der Waals surface area contributed by atoms with E-state index in [0.29, 0.717) is 18.8 Å². The first kappa shape index (κ1) is 19.6. The minimum Gasteiger partial charge on any atom is -0.369 e. The van der Waals surface area contributed by atoms with Crippen LogP contribution in [0, 0.1) is 6.92 Å². The van der Waals surface area contributed by atoms with Crippen molar-refractivity contribution in [2.75, 3.05) is 31.1 Å². The molecule has 1 aliphatic rings. The lowest BCUT2D eigenvalue weighted by Gasteiger charge is -2.36. The molecule has 0 spiro atoms. The number of aromatic amines is 1. The Morgan fingerprint density at radius 2 is 1.62 bits per heavy atom. The van der Waals surface area contributed by atoms with Gasteiger partial charge in [0.2, 0.25) is 0 Å². The van der Waals surface area contributed by atoms with Crippen molar-refractivity contribution >= 4 is 5.69 Å². The Hall–Kier alpha value is -2.73. The molecule has 0 atom stereocenters. The van der Waals surface area contributed by atoms with Crippen molar-refractivity contribution < 1.29 is 13.2 Å². The van der Waals surface area contributed by atoms with Gasteiger partial charge < -0.3 is 9.88 Å². The van der Waals surface area contributed by atoms with Crippen molar-refractivity contribution in [3.05, 3.63) is 77.5 Å². The molecule has 0 amide bonds. The molecule has 0 bridgehead atoms. The molecule has 1 aromatic heterocycles. The number of anilines is 1. The topological polar surface area (TPSA) is 22.3 Å². The molecule has 3 aromatic rings. The van der Waals surface area contributed by atoms with E-state index in [1.807, 2.05) is 23.1 Å². The third-order valence-corrected chi connectivity index (χ3v) is 5.40. The summed E-state index contributed by atoms with van der Waals surface area (Å²) < 4.78 is 39.0. The maximum absolute atomic E-state index is 13.0. The van der Waals surface area contributed by atoms with Gasteiger partial charge in [-0.05, 0) is 42.3 Å². The summed E-state index contributed by atoms with van der Waals surface area (Å²) in [7, 11) is 0. The Morgan fingerprint density at radius 1 is 0.897 bits per heavy atom. The number of hydrogen-bond donors (Lipinski definition) is 1. The summed E-state index contributed by atoms with van der Waals surface area (Å²) in [5, 5.41) is 0. The van der Waals surface area contributed by atoms with Gasteiger partial charge in [0, 0.05) is 44.1 Å². The maximum Gasteiger partial charge on any atom is 0.416 e. The summed E-state index contributed by atoms with van der Waals surface area (Å²) in [6.45, 7) is 5.94. The van der Waals surface area contributed by atoms with Gasteiger partial charge in [0.25, 0.3) is 0 Å². The van der Waals surface area contributed by atoms with Gasteiger partial charge in [-0.15, -0.1) is 0 Å². The smallest absolute Gasteiger partial charge is 0.369 e. The van der Waals surface area contributed by atoms with Gasteiger partial charge >= 0.3 is 6.18 Å². The predicted octanol–water partition coefficient (Wildman–Crippen LogP) is 5.33. The standard InChI is InChI=1S/C23H24F3N3/c1-17-14-19(22(27-17)18-6-3-2-4-7-18)16-28-10-12-29(13-11-28)21-9-5-8-20(15-21)23(24,25)26/h2-9,14-15,27H,10-13,16H2,1H3. The average molecular weight is 399 g/mol. The van der Waals surface area contributed by atoms with Crippen LogP contribution in [0.3, 0.4) is 0 Å². The van der Waals surface area contributed by atoms with Crippen LogP contribution >= 0.6 is 0 Å². The highest BCUT2D eigenvalue weighted by molar-refractivity contribution is 5.64. The first-order valence-electron chi connectivity index (χ1n) is 9.78. The summed E-state index contributed by atoms with van der Waals surface area (Å²) in [5.74, 6) is 0. The first-order chi connectivity index (χ1) is 13.9. The van der Waals surface area contributed by atoms with E-state index in [4.69, 9.17) is 0 Å². The van der Waals surface area contributed by atoms with Gasteiger partial charge in [-0.25, -0.2) is 0 Å². The van der Waals surface area contributed by atoms with E-state index in [2.05, 4.69) is 35.0 Å². The number of aromatic nitrogens is 1. The number of piperazine rings is 1. The molecule has 29 heavy (non-hydrogen) atoms. The molecule has 1 aliphatic heterocycles. The number of nitrogens with one attached hydrogen (secondary N) is 1. The van der Waals surface area contributed by atoms with E-state index in [0.717, 1.165) is 37.1 Å². The second kappa shape index (κ2) is 7.95. The van der Waals surface area contributed by atoms with Gasteiger partial charge in [0.15, 0.2) is 0 Å². The van der Waals surface area contributed by atoms with Crippen LogP contribution in [0.2, 0.25) is 0 Å². The van der Waals surface area contributed by atoms with Crippen LogP contribution in [0.25, 0.3) is 11.3 Å².